The first-order valence-electron chi connectivity index (χ1n) is 9.77. The molecule has 2 aromatic carbocycles. The number of benzene rings is 2. The van der Waals surface area contributed by atoms with Crippen molar-refractivity contribution in [1.29, 1.82) is 0 Å². The van der Waals surface area contributed by atoms with Gasteiger partial charge in [0.1, 0.15) is 5.75 Å². The third kappa shape index (κ3) is 4.68. The van der Waals surface area contributed by atoms with E-state index >= 15 is 0 Å². The summed E-state index contributed by atoms with van der Waals surface area (Å²) in [6.07, 6.45) is 2.81. The van der Waals surface area contributed by atoms with Crippen molar-refractivity contribution < 1.29 is 17.9 Å². The molecule has 0 spiro atoms. The quantitative estimate of drug-likeness (QED) is 0.756. The molecule has 7 heteroatoms. The molecule has 0 aliphatic carbocycles. The minimum absolute atomic E-state index is 0.0285. The zero-order chi connectivity index (χ0) is 20.3. The first-order chi connectivity index (χ1) is 14.0. The fraction of sp³-hybridized carbons (Fsp3) is 0.318. The van der Waals surface area contributed by atoms with Gasteiger partial charge >= 0.3 is 0 Å². The minimum atomic E-state index is -3.50. The Balaban J connectivity index is 1.32. The number of hydrogen-bond donors (Lipinski definition) is 0. The predicted octanol–water partition coefficient (Wildman–Crippen LogP) is 2.31. The standard InChI is InChI=1S/C22H24N2O4S/c25-22(17-19-6-7-21-20(16-19)8-14-28-21)23-10-12-24(13-11-23)29(26,27)15-9-18-4-2-1-3-5-18/h1-7,9,15-16H,8,10-14,17H2. The molecule has 2 aliphatic heterocycles. The lowest BCUT2D eigenvalue weighted by molar-refractivity contribution is -0.131. The van der Waals surface area contributed by atoms with Crippen LogP contribution in [0.2, 0.25) is 0 Å². The van der Waals surface area contributed by atoms with E-state index in [4.69, 9.17) is 4.74 Å². The van der Waals surface area contributed by atoms with Gasteiger partial charge in [0.15, 0.2) is 0 Å². The Kier molecular flexibility index (Phi) is 5.69. The first kappa shape index (κ1) is 19.7. The molecular weight excluding hydrogens is 388 g/mol. The molecular formula is C22H24N2O4S. The summed E-state index contributed by atoms with van der Waals surface area (Å²) >= 11 is 0. The van der Waals surface area contributed by atoms with E-state index in [1.54, 1.807) is 11.0 Å². The van der Waals surface area contributed by atoms with Crippen LogP contribution in [0.1, 0.15) is 16.7 Å². The average Bonchev–Trinajstić information content (AvgIpc) is 3.21. The van der Waals surface area contributed by atoms with Gasteiger partial charge in [-0.3, -0.25) is 4.79 Å². The van der Waals surface area contributed by atoms with Crippen molar-refractivity contribution >= 4 is 22.0 Å². The smallest absolute Gasteiger partial charge is 0.236 e. The van der Waals surface area contributed by atoms with Crippen molar-refractivity contribution in [2.24, 2.45) is 0 Å². The van der Waals surface area contributed by atoms with Gasteiger partial charge in [-0.1, -0.05) is 42.5 Å². The number of carbonyl (C=O) groups excluding carboxylic acids is 1. The van der Waals surface area contributed by atoms with Gasteiger partial charge in [-0.05, 0) is 28.8 Å². The summed E-state index contributed by atoms with van der Waals surface area (Å²) in [5.74, 6) is 0.935. The van der Waals surface area contributed by atoms with Crippen LogP contribution in [-0.2, 0) is 27.7 Å². The third-order valence-corrected chi connectivity index (χ3v) is 6.86. The van der Waals surface area contributed by atoms with Gasteiger partial charge in [-0.15, -0.1) is 0 Å². The Morgan fingerprint density at radius 1 is 1.03 bits per heavy atom. The highest BCUT2D eigenvalue weighted by atomic mass is 32.2. The van der Waals surface area contributed by atoms with Crippen LogP contribution in [0.3, 0.4) is 0 Å². The normalized spacial score (nSPS) is 17.3. The molecule has 0 saturated carbocycles. The molecule has 2 heterocycles. The number of nitrogens with zero attached hydrogens (tertiary/aromatic N) is 2. The summed E-state index contributed by atoms with van der Waals surface area (Å²) in [4.78, 5) is 14.4. The molecule has 0 bridgehead atoms. The summed E-state index contributed by atoms with van der Waals surface area (Å²) in [6, 6.07) is 15.2. The van der Waals surface area contributed by atoms with Gasteiger partial charge in [-0.25, -0.2) is 8.42 Å². The highest BCUT2D eigenvalue weighted by Gasteiger charge is 2.27. The topological polar surface area (TPSA) is 66.9 Å². The van der Waals surface area contributed by atoms with Crippen molar-refractivity contribution in [3.05, 3.63) is 70.6 Å². The molecule has 0 radical (unpaired) electrons. The van der Waals surface area contributed by atoms with Crippen LogP contribution in [0, 0.1) is 0 Å². The van der Waals surface area contributed by atoms with Gasteiger partial charge in [-0.2, -0.15) is 4.31 Å². The van der Waals surface area contributed by atoms with Gasteiger partial charge in [0.05, 0.1) is 13.0 Å². The monoisotopic (exact) mass is 412 g/mol. The predicted molar refractivity (Wildman–Crippen MR) is 112 cm³/mol. The molecule has 0 N–H and O–H groups in total. The van der Waals surface area contributed by atoms with Crippen LogP contribution < -0.4 is 4.74 Å². The fourth-order valence-electron chi connectivity index (χ4n) is 3.64. The highest BCUT2D eigenvalue weighted by Crippen LogP contribution is 2.26. The summed E-state index contributed by atoms with van der Waals surface area (Å²) < 4.78 is 32.1. The first-order valence-corrected chi connectivity index (χ1v) is 11.3. The molecule has 152 valence electrons. The summed E-state index contributed by atoms with van der Waals surface area (Å²) in [7, 11) is -3.50. The van der Waals surface area contributed by atoms with Gasteiger partial charge in [0.25, 0.3) is 0 Å². The van der Waals surface area contributed by atoms with E-state index in [0.29, 0.717) is 39.2 Å². The van der Waals surface area contributed by atoms with Crippen LogP contribution in [-0.4, -0.2) is 56.3 Å². The Labute approximate surface area is 171 Å². The Bertz CT molecular complexity index is 1010. The Hall–Kier alpha value is -2.64. The van der Waals surface area contributed by atoms with Gasteiger partial charge < -0.3 is 9.64 Å². The van der Waals surface area contributed by atoms with E-state index in [-0.39, 0.29) is 5.91 Å². The van der Waals surface area contributed by atoms with Crippen molar-refractivity contribution in [2.45, 2.75) is 12.8 Å². The van der Waals surface area contributed by atoms with Gasteiger partial charge in [0.2, 0.25) is 15.9 Å². The fourth-order valence-corrected chi connectivity index (χ4v) is 4.82. The van der Waals surface area contributed by atoms with Crippen molar-refractivity contribution in [1.82, 2.24) is 9.21 Å². The van der Waals surface area contributed by atoms with Crippen LogP contribution >= 0.6 is 0 Å². The van der Waals surface area contributed by atoms with E-state index in [9.17, 15) is 13.2 Å². The summed E-state index contributed by atoms with van der Waals surface area (Å²) in [5.41, 5.74) is 2.96. The lowest BCUT2D eigenvalue weighted by Gasteiger charge is -2.33. The minimum Gasteiger partial charge on any atom is -0.493 e. The maximum absolute atomic E-state index is 12.6. The average molecular weight is 413 g/mol. The second-order valence-corrected chi connectivity index (χ2v) is 9.07. The molecule has 6 nitrogen and oxygen atoms in total. The maximum atomic E-state index is 12.6. The van der Waals surface area contributed by atoms with Crippen molar-refractivity contribution in [3.63, 3.8) is 0 Å². The lowest BCUT2D eigenvalue weighted by Crippen LogP contribution is -2.50. The van der Waals surface area contributed by atoms with Crippen molar-refractivity contribution in [2.75, 3.05) is 32.8 Å². The SMILES string of the molecule is O=C(Cc1ccc2c(c1)CCO2)N1CCN(S(=O)(=O)C=Cc2ccccc2)CC1. The second kappa shape index (κ2) is 8.39. The molecule has 2 aromatic rings. The largest absolute Gasteiger partial charge is 0.493 e. The van der Waals surface area contributed by atoms with Crippen molar-refractivity contribution in [3.8, 4) is 5.75 Å². The lowest BCUT2D eigenvalue weighted by atomic mass is 10.1. The molecule has 29 heavy (non-hydrogen) atoms. The zero-order valence-corrected chi connectivity index (χ0v) is 17.0. The third-order valence-electron chi connectivity index (χ3n) is 5.29. The van der Waals surface area contributed by atoms with Crippen LogP contribution in [0.15, 0.2) is 53.9 Å². The van der Waals surface area contributed by atoms with Gasteiger partial charge in [0, 0.05) is 38.0 Å². The molecule has 1 saturated heterocycles. The molecule has 1 fully saturated rings. The molecule has 1 amide bonds. The number of carbonyl (C=O) groups is 1. The van der Waals surface area contributed by atoms with E-state index in [1.807, 2.05) is 48.5 Å². The molecule has 4 rings (SSSR count). The second-order valence-electron chi connectivity index (χ2n) is 7.26. The number of rotatable bonds is 5. The molecule has 0 unspecified atom stereocenters. The number of fused-ring (bicyclic) bond motifs is 1. The van der Waals surface area contributed by atoms with E-state index < -0.39 is 10.0 Å². The number of hydrogen-bond acceptors (Lipinski definition) is 4. The molecule has 0 aromatic heterocycles. The maximum Gasteiger partial charge on any atom is 0.236 e. The van der Waals surface area contributed by atoms with E-state index in [0.717, 1.165) is 28.9 Å². The Morgan fingerprint density at radius 3 is 2.55 bits per heavy atom. The van der Waals surface area contributed by atoms with Crippen LogP contribution in [0.25, 0.3) is 6.08 Å². The number of piperazine rings is 1. The number of ether oxygens (including phenoxy) is 1. The van der Waals surface area contributed by atoms with E-state index in [1.165, 1.54) is 9.71 Å². The zero-order valence-electron chi connectivity index (χ0n) is 16.2. The number of sulfonamides is 1. The van der Waals surface area contributed by atoms with E-state index in [2.05, 4.69) is 0 Å². The molecule has 2 aliphatic rings. The highest BCUT2D eigenvalue weighted by molar-refractivity contribution is 7.92. The Morgan fingerprint density at radius 2 is 1.79 bits per heavy atom. The summed E-state index contributed by atoms with van der Waals surface area (Å²) in [6.45, 7) is 2.13. The summed E-state index contributed by atoms with van der Waals surface area (Å²) in [5, 5.41) is 1.24. The van der Waals surface area contributed by atoms with Crippen LogP contribution in [0.5, 0.6) is 5.75 Å². The van der Waals surface area contributed by atoms with Crippen LogP contribution in [0.4, 0.5) is 0 Å². The number of amides is 1. The molecule has 0 atom stereocenters.